The van der Waals surface area contributed by atoms with Gasteiger partial charge in [0.2, 0.25) is 0 Å². The lowest BCUT2D eigenvalue weighted by Gasteiger charge is -2.28. The molecule has 1 aliphatic carbocycles. The lowest BCUT2D eigenvalue weighted by Crippen LogP contribution is -2.17. The molecule has 208 valence electrons. The number of carbonyl (C=O) groups excluding carboxylic acids is 2. The van der Waals surface area contributed by atoms with Crippen LogP contribution in [0.15, 0.2) is 35.0 Å². The Morgan fingerprint density at radius 3 is 1.52 bits per heavy atom. The van der Waals surface area contributed by atoms with E-state index in [0.717, 1.165) is 58.7 Å². The smallest absolute Gasteiger partial charge is 0.182 e. The second-order valence-electron chi connectivity index (χ2n) is 10.0. The molecule has 4 heterocycles. The number of nitrogens with zero attached hydrogens (tertiary/aromatic N) is 6. The molecular weight excluding hydrogens is 544 g/mol. The zero-order chi connectivity index (χ0) is 27.9. The largest absolute Gasteiger partial charge is 0.365 e. The van der Waals surface area contributed by atoms with Gasteiger partial charge in [0.1, 0.15) is 11.6 Å². The van der Waals surface area contributed by atoms with Crippen LogP contribution in [0.4, 0.5) is 10.3 Å². The fourth-order valence-electron chi connectivity index (χ4n) is 5.03. The molecule has 4 aromatic rings. The first kappa shape index (κ1) is 27.9. The number of thiazole rings is 2. The third-order valence-electron chi connectivity index (χ3n) is 7.04. The van der Waals surface area contributed by atoms with E-state index in [9.17, 15) is 9.59 Å². The van der Waals surface area contributed by atoms with Crippen molar-refractivity contribution < 1.29 is 9.59 Å². The van der Waals surface area contributed by atoms with Crippen LogP contribution in [0, 0.1) is 0 Å². The summed E-state index contributed by atoms with van der Waals surface area (Å²) in [4.78, 5) is 33.7. The number of carbonyl (C=O) groups is 2. The highest BCUT2D eigenvalue weighted by Crippen LogP contribution is 2.39. The van der Waals surface area contributed by atoms with Crippen LogP contribution in [0.25, 0.3) is 0 Å². The number of ketones is 2. The van der Waals surface area contributed by atoms with Gasteiger partial charge in [0, 0.05) is 36.7 Å². The third kappa shape index (κ3) is 7.30. The van der Waals surface area contributed by atoms with Crippen molar-refractivity contribution in [1.29, 1.82) is 0 Å². The van der Waals surface area contributed by atoms with Crippen molar-refractivity contribution in [2.24, 2.45) is 0 Å². The van der Waals surface area contributed by atoms with Crippen LogP contribution < -0.4 is 10.6 Å². The number of hydrogen-bond acceptors (Lipinski definition) is 12. The molecule has 0 amide bonds. The number of rotatable bonds is 12. The molecule has 0 saturated heterocycles. The Bertz CT molecular complexity index is 1330. The summed E-state index contributed by atoms with van der Waals surface area (Å²) in [6.45, 7) is 0. The average molecular weight is 577 g/mol. The van der Waals surface area contributed by atoms with Crippen LogP contribution >= 0.6 is 22.7 Å². The highest BCUT2D eigenvalue weighted by Gasteiger charge is 2.27. The number of aromatic nitrogens is 6. The first-order valence-corrected chi connectivity index (χ1v) is 15.2. The van der Waals surface area contributed by atoms with E-state index in [-0.39, 0.29) is 36.2 Å². The standard InChI is InChI=1S/C28H32N8O2S2/c1-29-27-31-21(15-39-27)13-23(37)11-19-6-8-25(35-33-19)17-4-3-5-18(10-17)26-9-7-20(34-36-26)12-24(38)14-22-16-40-28(30-2)32-22/h6-9,15-18H,3-5,10-14H2,1-2H3,(H,29,31)(H,30,32)/t17-,18-/m0/s1. The Balaban J connectivity index is 1.13. The van der Waals surface area contributed by atoms with Gasteiger partial charge in [0.25, 0.3) is 0 Å². The van der Waals surface area contributed by atoms with E-state index in [4.69, 9.17) is 0 Å². The highest BCUT2D eigenvalue weighted by atomic mass is 32.1. The Morgan fingerprint density at radius 2 is 1.15 bits per heavy atom. The van der Waals surface area contributed by atoms with Gasteiger partial charge in [-0.2, -0.15) is 20.4 Å². The van der Waals surface area contributed by atoms with E-state index in [2.05, 4.69) is 41.0 Å². The normalized spacial score (nSPS) is 16.9. The zero-order valence-electron chi connectivity index (χ0n) is 22.6. The monoisotopic (exact) mass is 576 g/mol. The van der Waals surface area contributed by atoms with Gasteiger partial charge in [-0.05, 0) is 43.5 Å². The van der Waals surface area contributed by atoms with Crippen molar-refractivity contribution >= 4 is 44.5 Å². The van der Waals surface area contributed by atoms with Crippen molar-refractivity contribution in [3.8, 4) is 0 Å². The van der Waals surface area contributed by atoms with Crippen molar-refractivity contribution in [1.82, 2.24) is 30.4 Å². The van der Waals surface area contributed by atoms with Gasteiger partial charge < -0.3 is 10.6 Å². The fraction of sp³-hybridized carbons (Fsp3) is 0.429. The van der Waals surface area contributed by atoms with Crippen LogP contribution in [0.2, 0.25) is 0 Å². The Labute approximate surface area is 241 Å². The minimum absolute atomic E-state index is 0.0718. The molecule has 1 fully saturated rings. The number of anilines is 2. The van der Waals surface area contributed by atoms with Crippen molar-refractivity contribution in [3.63, 3.8) is 0 Å². The first-order chi connectivity index (χ1) is 19.5. The Kier molecular flexibility index (Phi) is 9.17. The van der Waals surface area contributed by atoms with Crippen molar-refractivity contribution in [2.45, 2.75) is 63.2 Å². The molecule has 40 heavy (non-hydrogen) atoms. The minimum Gasteiger partial charge on any atom is -0.365 e. The van der Waals surface area contributed by atoms with E-state index in [0.29, 0.717) is 24.2 Å². The molecule has 0 aliphatic heterocycles. The summed E-state index contributed by atoms with van der Waals surface area (Å²) in [6.07, 6.45) is 5.18. The SMILES string of the molecule is CNc1nc(CC(=O)Cc2ccc([C@H]3CCC[C@H](c4ccc(CC(=O)Cc5csc(NC)n5)nn4)C3)nn2)cs1. The average Bonchev–Trinajstić information content (AvgIpc) is 3.63. The predicted molar refractivity (Wildman–Crippen MR) is 156 cm³/mol. The molecule has 0 unspecified atom stereocenters. The summed E-state index contributed by atoms with van der Waals surface area (Å²) >= 11 is 2.98. The highest BCUT2D eigenvalue weighted by molar-refractivity contribution is 7.14. The van der Waals surface area contributed by atoms with E-state index in [1.54, 1.807) is 0 Å². The Morgan fingerprint density at radius 1 is 0.700 bits per heavy atom. The minimum atomic E-state index is 0.0718. The van der Waals surface area contributed by atoms with E-state index < -0.39 is 0 Å². The van der Waals surface area contributed by atoms with Crippen molar-refractivity contribution in [3.05, 3.63) is 69.2 Å². The van der Waals surface area contributed by atoms with E-state index >= 15 is 0 Å². The zero-order valence-corrected chi connectivity index (χ0v) is 24.2. The van der Waals surface area contributed by atoms with Gasteiger partial charge >= 0.3 is 0 Å². The van der Waals surface area contributed by atoms with Crippen LogP contribution in [0.3, 0.4) is 0 Å². The summed E-state index contributed by atoms with van der Waals surface area (Å²) in [7, 11) is 3.63. The maximum atomic E-state index is 12.5. The fourth-order valence-corrected chi connectivity index (χ4v) is 6.37. The predicted octanol–water partition coefficient (Wildman–Crippen LogP) is 4.41. The molecule has 2 N–H and O–H groups in total. The summed E-state index contributed by atoms with van der Waals surface area (Å²) < 4.78 is 0. The summed E-state index contributed by atoms with van der Waals surface area (Å²) in [5.41, 5.74) is 4.82. The second kappa shape index (κ2) is 13.1. The molecular formula is C28H32N8O2S2. The molecule has 5 rings (SSSR count). The lowest BCUT2D eigenvalue weighted by atomic mass is 9.78. The molecule has 0 spiro atoms. The molecule has 1 aliphatic rings. The van der Waals surface area contributed by atoms with Gasteiger partial charge in [-0.1, -0.05) is 6.42 Å². The summed E-state index contributed by atoms with van der Waals surface area (Å²) in [5, 5.41) is 29.1. The molecule has 2 atom stereocenters. The van der Waals surface area contributed by atoms with Crippen LogP contribution in [-0.2, 0) is 35.3 Å². The van der Waals surface area contributed by atoms with Crippen LogP contribution in [-0.4, -0.2) is 56.0 Å². The third-order valence-corrected chi connectivity index (χ3v) is 8.85. The van der Waals surface area contributed by atoms with Crippen LogP contribution in [0.5, 0.6) is 0 Å². The molecule has 1 saturated carbocycles. The van der Waals surface area contributed by atoms with Gasteiger partial charge in [-0.3, -0.25) is 9.59 Å². The van der Waals surface area contributed by atoms with Crippen molar-refractivity contribution in [2.75, 3.05) is 24.7 Å². The topological polar surface area (TPSA) is 136 Å². The molecule has 4 aromatic heterocycles. The van der Waals surface area contributed by atoms with E-state index in [1.807, 2.05) is 49.1 Å². The maximum absolute atomic E-state index is 12.5. The lowest BCUT2D eigenvalue weighted by molar-refractivity contribution is -0.118. The quantitative estimate of drug-likeness (QED) is 0.250. The molecule has 0 radical (unpaired) electrons. The van der Waals surface area contributed by atoms with Gasteiger partial charge in [0.05, 0.1) is 59.8 Å². The van der Waals surface area contributed by atoms with Gasteiger partial charge in [0.15, 0.2) is 10.3 Å². The molecule has 0 bridgehead atoms. The molecule has 10 nitrogen and oxygen atoms in total. The maximum Gasteiger partial charge on any atom is 0.182 e. The second-order valence-corrected chi connectivity index (χ2v) is 11.7. The number of nitrogens with one attached hydrogen (secondary N) is 2. The van der Waals surface area contributed by atoms with Crippen LogP contribution in [0.1, 0.15) is 71.7 Å². The molecule has 0 aromatic carbocycles. The Hall–Kier alpha value is -3.64. The number of Topliss-reactive ketones (excluding diaryl/α,β-unsaturated/α-hetero) is 2. The van der Waals surface area contributed by atoms with Gasteiger partial charge in [-0.25, -0.2) is 9.97 Å². The molecule has 12 heteroatoms. The summed E-state index contributed by atoms with van der Waals surface area (Å²) in [6, 6.07) is 7.85. The first-order valence-electron chi connectivity index (χ1n) is 13.4. The van der Waals surface area contributed by atoms with E-state index in [1.165, 1.54) is 22.7 Å². The van der Waals surface area contributed by atoms with Gasteiger partial charge in [-0.15, -0.1) is 22.7 Å². The summed E-state index contributed by atoms with van der Waals surface area (Å²) in [5.74, 6) is 0.717. The number of hydrogen-bond donors (Lipinski definition) is 2.